The number of nitrogens with zero attached hydrogens (tertiary/aromatic N) is 3. The summed E-state index contributed by atoms with van der Waals surface area (Å²) in [4.78, 5) is 14.3. The first-order chi connectivity index (χ1) is 14.2. The molecule has 0 saturated carbocycles. The van der Waals surface area contributed by atoms with E-state index >= 15 is 0 Å². The molecule has 0 unspecified atom stereocenters. The van der Waals surface area contributed by atoms with Crippen LogP contribution >= 0.6 is 11.8 Å². The number of carbonyl (C=O) groups is 1. The Bertz CT molecular complexity index is 973. The van der Waals surface area contributed by atoms with Crippen molar-refractivity contribution in [3.63, 3.8) is 0 Å². The first-order valence-electron chi connectivity index (χ1n) is 9.78. The highest BCUT2D eigenvalue weighted by atomic mass is 32.2. The maximum Gasteiger partial charge on any atom is 0.230 e. The Balaban J connectivity index is 1.26. The Labute approximate surface area is 175 Å². The van der Waals surface area contributed by atoms with Gasteiger partial charge < -0.3 is 10.2 Å². The molecule has 0 radical (unpaired) electrons. The van der Waals surface area contributed by atoms with E-state index in [2.05, 4.69) is 51.6 Å². The summed E-state index contributed by atoms with van der Waals surface area (Å²) in [7, 11) is 0. The summed E-state index contributed by atoms with van der Waals surface area (Å²) < 4.78 is 0. The monoisotopic (exact) mass is 404 g/mol. The number of thioether (sulfide) groups is 1. The molecule has 0 aliphatic carbocycles. The van der Waals surface area contributed by atoms with Crippen molar-refractivity contribution in [3.8, 4) is 0 Å². The standard InChI is InChI=1S/C23H24N4OS/c1-17-6-8-18(9-7-17)14-24-22(28)16-29-23-11-10-21(25-26-23)27-13-12-19-4-2-3-5-20(19)15-27/h2-11H,12-16H2,1H3,(H,24,28). The molecule has 0 saturated heterocycles. The Morgan fingerprint density at radius 1 is 1.03 bits per heavy atom. The number of aromatic nitrogens is 2. The number of aryl methyl sites for hydroxylation is 1. The van der Waals surface area contributed by atoms with Gasteiger partial charge in [-0.25, -0.2) is 0 Å². The van der Waals surface area contributed by atoms with E-state index in [1.54, 1.807) is 0 Å². The molecule has 6 heteroatoms. The molecule has 29 heavy (non-hydrogen) atoms. The lowest BCUT2D eigenvalue weighted by Crippen LogP contribution is -2.31. The second-order valence-electron chi connectivity index (χ2n) is 7.22. The van der Waals surface area contributed by atoms with Gasteiger partial charge in [0.15, 0.2) is 5.82 Å². The maximum absolute atomic E-state index is 12.1. The van der Waals surface area contributed by atoms with E-state index in [0.717, 1.165) is 35.9 Å². The summed E-state index contributed by atoms with van der Waals surface area (Å²) in [6.07, 6.45) is 1.02. The Hall–Kier alpha value is -2.86. The van der Waals surface area contributed by atoms with Crippen LogP contribution in [0.1, 0.15) is 22.3 Å². The van der Waals surface area contributed by atoms with Crippen molar-refractivity contribution in [1.29, 1.82) is 0 Å². The zero-order valence-corrected chi connectivity index (χ0v) is 17.3. The summed E-state index contributed by atoms with van der Waals surface area (Å²) in [5.74, 6) is 1.21. The molecule has 5 nitrogen and oxygen atoms in total. The second-order valence-corrected chi connectivity index (χ2v) is 8.22. The van der Waals surface area contributed by atoms with Gasteiger partial charge in [0.2, 0.25) is 5.91 Å². The SMILES string of the molecule is Cc1ccc(CNC(=O)CSc2ccc(N3CCc4ccccc4C3)nn2)cc1. The van der Waals surface area contributed by atoms with Gasteiger partial charge in [-0.1, -0.05) is 65.9 Å². The fraction of sp³-hybridized carbons (Fsp3) is 0.261. The zero-order valence-electron chi connectivity index (χ0n) is 16.5. The van der Waals surface area contributed by atoms with Gasteiger partial charge in [0.25, 0.3) is 0 Å². The third-order valence-electron chi connectivity index (χ3n) is 5.04. The first kappa shape index (κ1) is 19.5. The molecule has 1 amide bonds. The molecule has 1 aliphatic rings. The molecule has 0 bridgehead atoms. The van der Waals surface area contributed by atoms with Crippen molar-refractivity contribution in [2.24, 2.45) is 0 Å². The van der Waals surface area contributed by atoms with Crippen molar-refractivity contribution in [1.82, 2.24) is 15.5 Å². The summed E-state index contributed by atoms with van der Waals surface area (Å²) >= 11 is 1.41. The lowest BCUT2D eigenvalue weighted by atomic mass is 10.00. The highest BCUT2D eigenvalue weighted by Gasteiger charge is 2.17. The molecule has 1 aliphatic heterocycles. The van der Waals surface area contributed by atoms with Gasteiger partial charge in [-0.05, 0) is 42.2 Å². The van der Waals surface area contributed by atoms with E-state index in [1.165, 1.54) is 28.5 Å². The molecular weight excluding hydrogens is 380 g/mol. The number of nitrogens with one attached hydrogen (secondary N) is 1. The molecule has 3 aromatic rings. The molecule has 2 aromatic carbocycles. The second kappa shape index (κ2) is 9.09. The molecule has 4 rings (SSSR count). The summed E-state index contributed by atoms with van der Waals surface area (Å²) in [5, 5.41) is 12.4. The number of anilines is 1. The van der Waals surface area contributed by atoms with Crippen LogP contribution in [-0.4, -0.2) is 28.4 Å². The average molecular weight is 405 g/mol. The van der Waals surface area contributed by atoms with Crippen LogP contribution < -0.4 is 10.2 Å². The van der Waals surface area contributed by atoms with Gasteiger partial charge in [0, 0.05) is 19.6 Å². The van der Waals surface area contributed by atoms with Crippen molar-refractivity contribution in [3.05, 3.63) is 82.9 Å². The number of fused-ring (bicyclic) bond motifs is 1. The number of carbonyl (C=O) groups excluding carboxylic acids is 1. The van der Waals surface area contributed by atoms with E-state index in [0.29, 0.717) is 12.3 Å². The number of hydrogen-bond acceptors (Lipinski definition) is 5. The van der Waals surface area contributed by atoms with E-state index in [1.807, 2.05) is 36.4 Å². The molecular formula is C23H24N4OS. The van der Waals surface area contributed by atoms with Gasteiger partial charge in [-0.2, -0.15) is 0 Å². The maximum atomic E-state index is 12.1. The van der Waals surface area contributed by atoms with Crippen LogP contribution in [0.15, 0.2) is 65.7 Å². The first-order valence-corrected chi connectivity index (χ1v) is 10.8. The van der Waals surface area contributed by atoms with Gasteiger partial charge in [-0.3, -0.25) is 4.79 Å². The molecule has 1 aromatic heterocycles. The van der Waals surface area contributed by atoms with Crippen LogP contribution in [0.4, 0.5) is 5.82 Å². The Kier molecular flexibility index (Phi) is 6.10. The highest BCUT2D eigenvalue weighted by Crippen LogP contribution is 2.23. The Morgan fingerprint density at radius 2 is 1.83 bits per heavy atom. The van der Waals surface area contributed by atoms with Gasteiger partial charge in [-0.15, -0.1) is 10.2 Å². The summed E-state index contributed by atoms with van der Waals surface area (Å²) in [6, 6.07) is 20.7. The van der Waals surface area contributed by atoms with Crippen molar-refractivity contribution >= 4 is 23.5 Å². The van der Waals surface area contributed by atoms with Gasteiger partial charge in [0.1, 0.15) is 5.03 Å². The van der Waals surface area contributed by atoms with Gasteiger partial charge in [0.05, 0.1) is 5.75 Å². The van der Waals surface area contributed by atoms with Crippen LogP contribution in [0.3, 0.4) is 0 Å². The van der Waals surface area contributed by atoms with E-state index in [-0.39, 0.29) is 5.91 Å². The van der Waals surface area contributed by atoms with Crippen molar-refractivity contribution in [2.75, 3.05) is 17.2 Å². The van der Waals surface area contributed by atoms with Crippen LogP contribution in [0.2, 0.25) is 0 Å². The minimum Gasteiger partial charge on any atom is -0.351 e. The van der Waals surface area contributed by atoms with Crippen molar-refractivity contribution < 1.29 is 4.79 Å². The third kappa shape index (κ3) is 5.15. The molecule has 1 N–H and O–H groups in total. The van der Waals surface area contributed by atoms with Crippen LogP contribution in [0, 0.1) is 6.92 Å². The lowest BCUT2D eigenvalue weighted by molar-refractivity contribution is -0.118. The highest BCUT2D eigenvalue weighted by molar-refractivity contribution is 7.99. The summed E-state index contributed by atoms with van der Waals surface area (Å²) in [5.41, 5.74) is 5.08. The number of amides is 1. The third-order valence-corrected chi connectivity index (χ3v) is 5.96. The van der Waals surface area contributed by atoms with E-state index < -0.39 is 0 Å². The lowest BCUT2D eigenvalue weighted by Gasteiger charge is -2.29. The van der Waals surface area contributed by atoms with Gasteiger partial charge >= 0.3 is 0 Å². The fourth-order valence-corrected chi connectivity index (χ4v) is 3.99. The smallest absolute Gasteiger partial charge is 0.230 e. The predicted molar refractivity (Wildman–Crippen MR) is 117 cm³/mol. The number of hydrogen-bond donors (Lipinski definition) is 1. The minimum atomic E-state index is -0.00547. The van der Waals surface area contributed by atoms with Crippen molar-refractivity contribution in [2.45, 2.75) is 31.5 Å². The molecule has 0 spiro atoms. The molecule has 0 fully saturated rings. The van der Waals surface area contributed by atoms with Crippen LogP contribution in [-0.2, 0) is 24.3 Å². The molecule has 0 atom stereocenters. The topological polar surface area (TPSA) is 58.1 Å². The van der Waals surface area contributed by atoms with E-state index in [9.17, 15) is 4.79 Å². The normalized spacial score (nSPS) is 13.1. The predicted octanol–water partition coefficient (Wildman–Crippen LogP) is 3.76. The average Bonchev–Trinajstić information content (AvgIpc) is 2.77. The summed E-state index contributed by atoms with van der Waals surface area (Å²) in [6.45, 7) is 4.40. The molecule has 2 heterocycles. The zero-order chi connectivity index (χ0) is 20.1. The Morgan fingerprint density at radius 3 is 2.59 bits per heavy atom. The van der Waals surface area contributed by atoms with E-state index in [4.69, 9.17) is 0 Å². The minimum absolute atomic E-state index is 0.00547. The number of benzene rings is 2. The fourth-order valence-electron chi connectivity index (χ4n) is 3.35. The van der Waals surface area contributed by atoms with Crippen LogP contribution in [0.25, 0.3) is 0 Å². The molecule has 148 valence electrons. The van der Waals surface area contributed by atoms with Crippen LogP contribution in [0.5, 0.6) is 0 Å². The largest absolute Gasteiger partial charge is 0.351 e. The quantitative estimate of drug-likeness (QED) is 0.634. The number of rotatable bonds is 6.